The van der Waals surface area contributed by atoms with Crippen LogP contribution >= 0.6 is 11.6 Å². The molecule has 116 valence electrons. The third kappa shape index (κ3) is 3.98. The van der Waals surface area contributed by atoms with Gasteiger partial charge in [-0.15, -0.1) is 5.43 Å². The molecule has 2 aromatic rings. The van der Waals surface area contributed by atoms with Gasteiger partial charge < -0.3 is 4.74 Å². The summed E-state index contributed by atoms with van der Waals surface area (Å²) in [5.74, 6) is -0.117. The standard InChI is InChI=1S/C12H7ClF3N3O3/c13-10-4-7(12(14,15)16)6-17-11(10)22-9-3-1-2-8(5-9)18-19(20)21/h1-6,18H. The highest BCUT2D eigenvalue weighted by atomic mass is 35.5. The third-order valence-corrected chi connectivity index (χ3v) is 2.67. The van der Waals surface area contributed by atoms with Gasteiger partial charge in [0.25, 0.3) is 0 Å². The van der Waals surface area contributed by atoms with E-state index >= 15 is 0 Å². The van der Waals surface area contributed by atoms with E-state index in [1.165, 1.54) is 24.3 Å². The molecule has 10 heteroatoms. The molecule has 2 rings (SSSR count). The topological polar surface area (TPSA) is 77.3 Å². The molecule has 6 nitrogen and oxygen atoms in total. The number of alkyl halides is 3. The van der Waals surface area contributed by atoms with Gasteiger partial charge in [-0.2, -0.15) is 13.2 Å². The summed E-state index contributed by atoms with van der Waals surface area (Å²) in [5, 5.41) is 9.25. The molecule has 1 aromatic heterocycles. The zero-order chi connectivity index (χ0) is 16.3. The number of hydrogen-bond acceptors (Lipinski definition) is 4. The number of pyridine rings is 1. The average Bonchev–Trinajstić information content (AvgIpc) is 2.39. The van der Waals surface area contributed by atoms with Crippen molar-refractivity contribution in [3.63, 3.8) is 0 Å². The highest BCUT2D eigenvalue weighted by molar-refractivity contribution is 6.31. The van der Waals surface area contributed by atoms with Crippen LogP contribution in [0.25, 0.3) is 0 Å². The number of anilines is 1. The summed E-state index contributed by atoms with van der Waals surface area (Å²) in [5.41, 5.74) is 1.04. The Kier molecular flexibility index (Phi) is 4.36. The molecule has 1 heterocycles. The first-order chi connectivity index (χ1) is 10.3. The number of rotatable bonds is 4. The Bertz CT molecular complexity index is 710. The van der Waals surface area contributed by atoms with E-state index < -0.39 is 16.8 Å². The first-order valence-electron chi connectivity index (χ1n) is 5.67. The van der Waals surface area contributed by atoms with Crippen LogP contribution in [-0.4, -0.2) is 10.0 Å². The second-order valence-electron chi connectivity index (χ2n) is 4.01. The molecule has 0 aliphatic heterocycles. The number of ether oxygens (including phenoxy) is 1. The van der Waals surface area contributed by atoms with Gasteiger partial charge in [0, 0.05) is 12.3 Å². The maximum Gasteiger partial charge on any atom is 0.417 e. The molecular weight excluding hydrogens is 327 g/mol. The molecule has 22 heavy (non-hydrogen) atoms. The molecule has 1 aromatic carbocycles. The molecule has 0 atom stereocenters. The van der Waals surface area contributed by atoms with E-state index in [0.29, 0.717) is 12.3 Å². The predicted octanol–water partition coefficient (Wildman–Crippen LogP) is 4.15. The largest absolute Gasteiger partial charge is 0.437 e. The van der Waals surface area contributed by atoms with Gasteiger partial charge in [0.1, 0.15) is 16.5 Å². The van der Waals surface area contributed by atoms with E-state index in [0.717, 1.165) is 0 Å². The molecule has 0 aliphatic carbocycles. The average molecular weight is 334 g/mol. The minimum Gasteiger partial charge on any atom is -0.437 e. The summed E-state index contributed by atoms with van der Waals surface area (Å²) in [7, 11) is 0. The van der Waals surface area contributed by atoms with Crippen molar-refractivity contribution >= 4 is 17.3 Å². The molecular formula is C12H7ClF3N3O3. The summed E-state index contributed by atoms with van der Waals surface area (Å²) >= 11 is 5.70. The Morgan fingerprint density at radius 1 is 1.32 bits per heavy atom. The summed E-state index contributed by atoms with van der Waals surface area (Å²) in [4.78, 5) is 13.8. The van der Waals surface area contributed by atoms with Crippen LogP contribution in [0.5, 0.6) is 11.6 Å². The molecule has 1 N–H and O–H groups in total. The van der Waals surface area contributed by atoms with Crippen LogP contribution in [0.4, 0.5) is 18.9 Å². The fraction of sp³-hybridized carbons (Fsp3) is 0.0833. The number of hydrazine groups is 1. The van der Waals surface area contributed by atoms with E-state index in [2.05, 4.69) is 4.98 Å². The lowest BCUT2D eigenvalue weighted by Crippen LogP contribution is -2.07. The van der Waals surface area contributed by atoms with Gasteiger partial charge in [0.15, 0.2) is 5.03 Å². The van der Waals surface area contributed by atoms with Crippen molar-refractivity contribution in [3.8, 4) is 11.6 Å². The number of hydrogen-bond donors (Lipinski definition) is 1. The first kappa shape index (κ1) is 15.8. The van der Waals surface area contributed by atoms with Crippen LogP contribution in [-0.2, 0) is 6.18 Å². The van der Waals surface area contributed by atoms with Gasteiger partial charge in [0.2, 0.25) is 5.88 Å². The van der Waals surface area contributed by atoms with Crippen molar-refractivity contribution in [2.75, 3.05) is 5.43 Å². The summed E-state index contributed by atoms with van der Waals surface area (Å²) in [6, 6.07) is 6.28. The summed E-state index contributed by atoms with van der Waals surface area (Å²) in [6.45, 7) is 0. The molecule has 0 bridgehead atoms. The maximum atomic E-state index is 12.5. The Morgan fingerprint density at radius 2 is 2.05 bits per heavy atom. The SMILES string of the molecule is O=[N+]([O-])Nc1cccc(Oc2ncc(C(F)(F)F)cc2Cl)c1. The number of benzene rings is 1. The fourth-order valence-electron chi connectivity index (χ4n) is 1.50. The Labute approximate surface area is 126 Å². The van der Waals surface area contributed by atoms with Crippen LogP contribution in [0.3, 0.4) is 0 Å². The molecule has 0 aliphatic rings. The monoisotopic (exact) mass is 333 g/mol. The lowest BCUT2D eigenvalue weighted by molar-refractivity contribution is -0.445. The first-order valence-corrected chi connectivity index (χ1v) is 6.05. The second kappa shape index (κ2) is 6.06. The quantitative estimate of drug-likeness (QED) is 0.671. The fourth-order valence-corrected chi connectivity index (χ4v) is 1.71. The third-order valence-electron chi connectivity index (χ3n) is 2.40. The van der Waals surface area contributed by atoms with Crippen molar-refractivity contribution in [1.29, 1.82) is 0 Å². The van der Waals surface area contributed by atoms with Gasteiger partial charge in [-0.3, -0.25) is 0 Å². The van der Waals surface area contributed by atoms with E-state index in [1.54, 1.807) is 0 Å². The van der Waals surface area contributed by atoms with Crippen molar-refractivity contribution in [2.45, 2.75) is 6.18 Å². The lowest BCUT2D eigenvalue weighted by Gasteiger charge is -2.10. The number of nitrogens with one attached hydrogen (secondary N) is 1. The van der Waals surface area contributed by atoms with E-state index in [4.69, 9.17) is 16.3 Å². The van der Waals surface area contributed by atoms with Crippen molar-refractivity contribution < 1.29 is 22.9 Å². The Balaban J connectivity index is 2.22. The van der Waals surface area contributed by atoms with Gasteiger partial charge in [0.05, 0.1) is 5.56 Å². The maximum absolute atomic E-state index is 12.5. The number of nitrogens with zero attached hydrogens (tertiary/aromatic N) is 2. The molecule has 0 fully saturated rings. The molecule has 0 amide bonds. The zero-order valence-corrected chi connectivity index (χ0v) is 11.4. The van der Waals surface area contributed by atoms with Crippen LogP contribution in [0.15, 0.2) is 36.5 Å². The van der Waals surface area contributed by atoms with E-state index in [9.17, 15) is 23.3 Å². The number of halogens is 4. The minimum absolute atomic E-state index is 0.126. The van der Waals surface area contributed by atoms with Crippen LogP contribution in [0.1, 0.15) is 5.56 Å². The summed E-state index contributed by atoms with van der Waals surface area (Å²) in [6.07, 6.45) is -3.98. The van der Waals surface area contributed by atoms with E-state index in [-0.39, 0.29) is 22.3 Å². The minimum atomic E-state index is -4.56. The highest BCUT2D eigenvalue weighted by Crippen LogP contribution is 2.34. The lowest BCUT2D eigenvalue weighted by atomic mass is 10.3. The Hall–Kier alpha value is -2.55. The van der Waals surface area contributed by atoms with Crippen molar-refractivity contribution in [3.05, 3.63) is 57.2 Å². The predicted molar refractivity (Wildman–Crippen MR) is 71.4 cm³/mol. The molecule has 0 saturated heterocycles. The van der Waals surface area contributed by atoms with Crippen molar-refractivity contribution in [2.24, 2.45) is 0 Å². The van der Waals surface area contributed by atoms with Gasteiger partial charge >= 0.3 is 6.18 Å². The molecule has 0 saturated carbocycles. The van der Waals surface area contributed by atoms with Gasteiger partial charge in [-0.05, 0) is 18.2 Å². The van der Waals surface area contributed by atoms with Crippen LogP contribution in [0, 0.1) is 10.1 Å². The van der Waals surface area contributed by atoms with Crippen LogP contribution in [0.2, 0.25) is 5.02 Å². The molecule has 0 unspecified atom stereocenters. The smallest absolute Gasteiger partial charge is 0.417 e. The summed E-state index contributed by atoms with van der Waals surface area (Å²) < 4.78 is 42.7. The van der Waals surface area contributed by atoms with Crippen LogP contribution < -0.4 is 10.2 Å². The molecule has 0 spiro atoms. The number of aromatic nitrogens is 1. The zero-order valence-electron chi connectivity index (χ0n) is 10.6. The Morgan fingerprint density at radius 3 is 2.64 bits per heavy atom. The number of nitro groups is 1. The van der Waals surface area contributed by atoms with Crippen molar-refractivity contribution in [1.82, 2.24) is 4.98 Å². The van der Waals surface area contributed by atoms with Gasteiger partial charge in [-0.1, -0.05) is 17.7 Å². The van der Waals surface area contributed by atoms with Gasteiger partial charge in [-0.25, -0.2) is 15.1 Å². The molecule has 0 radical (unpaired) electrons. The normalized spacial score (nSPS) is 11.1. The van der Waals surface area contributed by atoms with E-state index in [1.807, 2.05) is 5.43 Å². The highest BCUT2D eigenvalue weighted by Gasteiger charge is 2.31. The second-order valence-corrected chi connectivity index (χ2v) is 4.41.